The van der Waals surface area contributed by atoms with Gasteiger partial charge in [0, 0.05) is 19.1 Å². The summed E-state index contributed by atoms with van der Waals surface area (Å²) in [7, 11) is 0. The smallest absolute Gasteiger partial charge is 0.261 e. The van der Waals surface area contributed by atoms with E-state index in [2.05, 4.69) is 17.0 Å². The Morgan fingerprint density at radius 1 is 0.893 bits per heavy atom. The number of carbonyl (C=O) groups is 2. The van der Waals surface area contributed by atoms with Crippen molar-refractivity contribution in [1.82, 2.24) is 9.80 Å². The molecule has 6 nitrogen and oxygen atoms in total. The molecule has 3 aliphatic rings. The van der Waals surface area contributed by atoms with Gasteiger partial charge in [-0.25, -0.2) is 0 Å². The van der Waals surface area contributed by atoms with Gasteiger partial charge in [0.15, 0.2) is 11.5 Å². The topological polar surface area (TPSA) is 59.1 Å². The summed E-state index contributed by atoms with van der Waals surface area (Å²) >= 11 is 0. The van der Waals surface area contributed by atoms with Gasteiger partial charge < -0.3 is 9.47 Å². The number of ether oxygens (including phenoxy) is 2. The lowest BCUT2D eigenvalue weighted by molar-refractivity contribution is 0.0633. The average Bonchev–Trinajstić information content (AvgIpc) is 3.30. The van der Waals surface area contributed by atoms with Gasteiger partial charge in [-0.05, 0) is 49.2 Å². The molecule has 1 fully saturated rings. The Balaban J connectivity index is 1.30. The van der Waals surface area contributed by atoms with Crippen molar-refractivity contribution < 1.29 is 19.1 Å². The Labute approximate surface area is 163 Å². The fourth-order valence-electron chi connectivity index (χ4n) is 4.41. The monoisotopic (exact) mass is 378 g/mol. The van der Waals surface area contributed by atoms with Crippen LogP contribution in [0.2, 0.25) is 0 Å². The molecule has 2 aromatic carbocycles. The summed E-state index contributed by atoms with van der Waals surface area (Å²) in [5.41, 5.74) is 2.22. The van der Waals surface area contributed by atoms with Crippen LogP contribution < -0.4 is 9.47 Å². The number of imide groups is 1. The van der Waals surface area contributed by atoms with E-state index in [1.54, 1.807) is 24.3 Å². The highest BCUT2D eigenvalue weighted by molar-refractivity contribution is 6.21. The number of benzene rings is 2. The van der Waals surface area contributed by atoms with Gasteiger partial charge in [-0.3, -0.25) is 19.4 Å². The van der Waals surface area contributed by atoms with Crippen LogP contribution in [0.25, 0.3) is 0 Å². The van der Waals surface area contributed by atoms with Crippen molar-refractivity contribution in [3.63, 3.8) is 0 Å². The number of hydrogen-bond acceptors (Lipinski definition) is 5. The van der Waals surface area contributed by atoms with Gasteiger partial charge in [-0.2, -0.15) is 0 Å². The highest BCUT2D eigenvalue weighted by Gasteiger charge is 2.36. The summed E-state index contributed by atoms with van der Waals surface area (Å²) in [6.07, 6.45) is 2.16. The predicted molar refractivity (Wildman–Crippen MR) is 103 cm³/mol. The molecule has 6 heteroatoms. The highest BCUT2D eigenvalue weighted by Crippen LogP contribution is 2.38. The number of fused-ring (bicyclic) bond motifs is 2. The zero-order valence-corrected chi connectivity index (χ0v) is 15.6. The van der Waals surface area contributed by atoms with Crippen LogP contribution in [0.4, 0.5) is 0 Å². The van der Waals surface area contributed by atoms with E-state index in [4.69, 9.17) is 9.47 Å². The molecule has 0 aliphatic carbocycles. The van der Waals surface area contributed by atoms with E-state index in [0.717, 1.165) is 30.9 Å². The zero-order valence-electron chi connectivity index (χ0n) is 15.6. The van der Waals surface area contributed by atoms with Gasteiger partial charge in [0.1, 0.15) is 13.2 Å². The molecule has 2 aromatic rings. The Morgan fingerprint density at radius 3 is 2.36 bits per heavy atom. The molecule has 0 bridgehead atoms. The van der Waals surface area contributed by atoms with Gasteiger partial charge in [-0.1, -0.05) is 18.2 Å². The molecule has 0 spiro atoms. The molecule has 1 atom stereocenters. The fourth-order valence-corrected chi connectivity index (χ4v) is 4.41. The number of likely N-dealkylation sites (tertiary alicyclic amines) is 1. The van der Waals surface area contributed by atoms with Crippen molar-refractivity contribution >= 4 is 11.8 Å². The van der Waals surface area contributed by atoms with Crippen LogP contribution >= 0.6 is 0 Å². The van der Waals surface area contributed by atoms with E-state index in [0.29, 0.717) is 37.4 Å². The molecule has 1 unspecified atom stereocenters. The van der Waals surface area contributed by atoms with E-state index >= 15 is 0 Å². The third-order valence-electron chi connectivity index (χ3n) is 5.80. The molecule has 5 rings (SSSR count). The summed E-state index contributed by atoms with van der Waals surface area (Å²) < 4.78 is 11.3. The number of rotatable bonds is 4. The van der Waals surface area contributed by atoms with Crippen molar-refractivity contribution in [2.24, 2.45) is 0 Å². The second-order valence-electron chi connectivity index (χ2n) is 7.40. The molecule has 2 amide bonds. The van der Waals surface area contributed by atoms with E-state index < -0.39 is 0 Å². The van der Waals surface area contributed by atoms with Crippen LogP contribution in [0, 0.1) is 0 Å². The van der Waals surface area contributed by atoms with E-state index in [1.165, 1.54) is 10.5 Å². The minimum absolute atomic E-state index is 0.185. The minimum atomic E-state index is -0.185. The predicted octanol–water partition coefficient (Wildman–Crippen LogP) is 2.89. The van der Waals surface area contributed by atoms with Crippen LogP contribution in [0.3, 0.4) is 0 Å². The van der Waals surface area contributed by atoms with Crippen molar-refractivity contribution in [2.45, 2.75) is 18.9 Å². The fraction of sp³-hybridized carbons (Fsp3) is 0.364. The van der Waals surface area contributed by atoms with Crippen LogP contribution in [-0.4, -0.2) is 54.5 Å². The SMILES string of the molecule is O=C1c2ccccc2C(=O)N1CCN1CCCC1c1ccc2c(c1)OCCO2. The third-order valence-corrected chi connectivity index (χ3v) is 5.80. The quantitative estimate of drug-likeness (QED) is 0.766. The van der Waals surface area contributed by atoms with Crippen molar-refractivity contribution in [1.29, 1.82) is 0 Å². The molecule has 0 aromatic heterocycles. The summed E-state index contributed by atoms with van der Waals surface area (Å²) in [6.45, 7) is 3.20. The maximum Gasteiger partial charge on any atom is 0.261 e. The largest absolute Gasteiger partial charge is 0.486 e. The maximum absolute atomic E-state index is 12.6. The minimum Gasteiger partial charge on any atom is -0.486 e. The second-order valence-corrected chi connectivity index (χ2v) is 7.40. The lowest BCUT2D eigenvalue weighted by Gasteiger charge is -2.28. The molecule has 1 saturated heterocycles. The molecule has 0 saturated carbocycles. The standard InChI is InChI=1S/C22H22N2O4/c25-21-16-4-1-2-5-17(16)22(26)24(21)11-10-23-9-3-6-18(23)15-7-8-19-20(14-15)28-13-12-27-19/h1-2,4-5,7-8,14,18H,3,6,9-13H2. The van der Waals surface area contributed by atoms with Crippen LogP contribution in [0.1, 0.15) is 45.2 Å². The normalized spacial score (nSPS) is 21.3. The first kappa shape index (κ1) is 17.3. The number of carbonyl (C=O) groups excluding carboxylic acids is 2. The van der Waals surface area contributed by atoms with Crippen LogP contribution in [0.15, 0.2) is 42.5 Å². The molecular formula is C22H22N2O4. The molecular weight excluding hydrogens is 356 g/mol. The summed E-state index contributed by atoms with van der Waals surface area (Å²) in [5.74, 6) is 1.23. The van der Waals surface area contributed by atoms with Gasteiger partial charge >= 0.3 is 0 Å². The zero-order chi connectivity index (χ0) is 19.1. The first-order valence-electron chi connectivity index (χ1n) is 9.81. The van der Waals surface area contributed by atoms with Crippen molar-refractivity contribution in [3.05, 3.63) is 59.2 Å². The average molecular weight is 378 g/mol. The molecule has 0 N–H and O–H groups in total. The lowest BCUT2D eigenvalue weighted by atomic mass is 10.0. The van der Waals surface area contributed by atoms with Gasteiger partial charge in [0.2, 0.25) is 0 Å². The summed E-state index contributed by atoms with van der Waals surface area (Å²) in [5, 5.41) is 0. The van der Waals surface area contributed by atoms with Crippen molar-refractivity contribution in [2.75, 3.05) is 32.8 Å². The second kappa shape index (κ2) is 6.95. The van der Waals surface area contributed by atoms with E-state index in [-0.39, 0.29) is 17.9 Å². The van der Waals surface area contributed by atoms with E-state index in [1.807, 2.05) is 6.07 Å². The van der Waals surface area contributed by atoms with Crippen LogP contribution in [0.5, 0.6) is 11.5 Å². The Kier molecular flexibility index (Phi) is 4.28. The van der Waals surface area contributed by atoms with Gasteiger partial charge in [0.05, 0.1) is 11.1 Å². The molecule has 3 heterocycles. The summed E-state index contributed by atoms with van der Waals surface area (Å²) in [4.78, 5) is 28.9. The third kappa shape index (κ3) is 2.85. The number of amides is 2. The van der Waals surface area contributed by atoms with Crippen LogP contribution in [-0.2, 0) is 0 Å². The Morgan fingerprint density at radius 2 is 1.61 bits per heavy atom. The molecule has 144 valence electrons. The first-order valence-corrected chi connectivity index (χ1v) is 9.81. The summed E-state index contributed by atoms with van der Waals surface area (Å²) in [6, 6.07) is 13.5. The lowest BCUT2D eigenvalue weighted by Crippen LogP contribution is -2.38. The molecule has 28 heavy (non-hydrogen) atoms. The van der Waals surface area contributed by atoms with Gasteiger partial charge in [-0.15, -0.1) is 0 Å². The van der Waals surface area contributed by atoms with Crippen molar-refractivity contribution in [3.8, 4) is 11.5 Å². The Bertz CT molecular complexity index is 907. The van der Waals surface area contributed by atoms with E-state index in [9.17, 15) is 9.59 Å². The van der Waals surface area contributed by atoms with Gasteiger partial charge in [0.25, 0.3) is 11.8 Å². The first-order chi connectivity index (χ1) is 13.7. The maximum atomic E-state index is 12.6. The molecule has 3 aliphatic heterocycles. The number of hydrogen-bond donors (Lipinski definition) is 0. The Hall–Kier alpha value is -2.86. The molecule has 0 radical (unpaired) electrons. The number of nitrogens with zero attached hydrogens (tertiary/aromatic N) is 2. The highest BCUT2D eigenvalue weighted by atomic mass is 16.6.